The van der Waals surface area contributed by atoms with E-state index in [9.17, 15) is 4.79 Å². The van der Waals surface area contributed by atoms with Crippen molar-refractivity contribution in [3.05, 3.63) is 35.4 Å². The number of methoxy groups -OCH3 is 1. The average Bonchev–Trinajstić information content (AvgIpc) is 2.35. The van der Waals surface area contributed by atoms with Crippen molar-refractivity contribution in [2.24, 2.45) is 0 Å². The summed E-state index contributed by atoms with van der Waals surface area (Å²) >= 11 is 0. The number of esters is 1. The van der Waals surface area contributed by atoms with Crippen LogP contribution in [0.25, 0.3) is 0 Å². The van der Waals surface area contributed by atoms with Crippen molar-refractivity contribution >= 4 is 5.97 Å². The fourth-order valence-electron chi connectivity index (χ4n) is 2.62. The zero-order chi connectivity index (χ0) is 13.7. The molecule has 0 bridgehead atoms. The molecule has 104 valence electrons. The molecule has 2 rings (SSSR count). The Morgan fingerprint density at radius 2 is 2.21 bits per heavy atom. The highest BCUT2D eigenvalue weighted by molar-refractivity contribution is 5.69. The monoisotopic (exact) mass is 261 g/mol. The molecule has 3 nitrogen and oxygen atoms in total. The predicted molar refractivity (Wildman–Crippen MR) is 76.2 cm³/mol. The van der Waals surface area contributed by atoms with Gasteiger partial charge in [0.1, 0.15) is 0 Å². The van der Waals surface area contributed by atoms with E-state index >= 15 is 0 Å². The second-order valence-electron chi connectivity index (χ2n) is 5.41. The van der Waals surface area contributed by atoms with E-state index in [2.05, 4.69) is 41.2 Å². The van der Waals surface area contributed by atoms with Gasteiger partial charge in [-0.05, 0) is 44.2 Å². The van der Waals surface area contributed by atoms with Crippen molar-refractivity contribution in [1.29, 1.82) is 0 Å². The minimum atomic E-state index is -0.118. The predicted octanol–water partition coefficient (Wildman–Crippen LogP) is 2.78. The smallest absolute Gasteiger partial charge is 0.305 e. The van der Waals surface area contributed by atoms with Gasteiger partial charge in [-0.2, -0.15) is 0 Å². The minimum Gasteiger partial charge on any atom is -0.469 e. The summed E-state index contributed by atoms with van der Waals surface area (Å²) in [5.74, 6) is 0.589. The van der Waals surface area contributed by atoms with E-state index in [1.807, 2.05) is 0 Å². The van der Waals surface area contributed by atoms with Gasteiger partial charge in [0, 0.05) is 12.5 Å². The first-order valence-electron chi connectivity index (χ1n) is 7.06. The lowest BCUT2D eigenvalue weighted by atomic mass is 9.75. The molecule has 1 aliphatic carbocycles. The molecule has 1 aliphatic rings. The van der Waals surface area contributed by atoms with Gasteiger partial charge in [-0.3, -0.25) is 4.79 Å². The van der Waals surface area contributed by atoms with Crippen LogP contribution < -0.4 is 5.32 Å². The van der Waals surface area contributed by atoms with Gasteiger partial charge in [0.2, 0.25) is 0 Å². The van der Waals surface area contributed by atoms with E-state index in [-0.39, 0.29) is 5.97 Å². The van der Waals surface area contributed by atoms with Crippen LogP contribution in [0.4, 0.5) is 0 Å². The van der Waals surface area contributed by atoms with Gasteiger partial charge in [0.15, 0.2) is 0 Å². The van der Waals surface area contributed by atoms with Gasteiger partial charge >= 0.3 is 5.97 Å². The Balaban J connectivity index is 1.63. The molecule has 0 spiro atoms. The molecule has 0 radical (unpaired) electrons. The van der Waals surface area contributed by atoms with Crippen LogP contribution in [-0.4, -0.2) is 25.7 Å². The van der Waals surface area contributed by atoms with E-state index in [0.29, 0.717) is 18.4 Å². The second kappa shape index (κ2) is 6.71. The summed E-state index contributed by atoms with van der Waals surface area (Å²) in [6.45, 7) is 3.05. The van der Waals surface area contributed by atoms with E-state index in [1.165, 1.54) is 31.1 Å². The van der Waals surface area contributed by atoms with Crippen molar-refractivity contribution in [1.82, 2.24) is 5.32 Å². The fourth-order valence-corrected chi connectivity index (χ4v) is 2.62. The standard InChI is InChI=1S/C16H23NO2/c1-12-5-3-6-13(9-12)14-10-15(11-14)17-8-4-7-16(18)19-2/h3,5-6,9,14-15,17H,4,7-8,10-11H2,1-2H3. The van der Waals surface area contributed by atoms with Crippen LogP contribution in [0, 0.1) is 6.92 Å². The number of aryl methyl sites for hydroxylation is 1. The number of carbonyl (C=O) groups is 1. The minimum absolute atomic E-state index is 0.118. The Morgan fingerprint density at radius 3 is 2.89 bits per heavy atom. The Kier molecular flexibility index (Phi) is 4.97. The largest absolute Gasteiger partial charge is 0.469 e. The Labute approximate surface area is 115 Å². The highest BCUT2D eigenvalue weighted by Crippen LogP contribution is 2.36. The van der Waals surface area contributed by atoms with Crippen LogP contribution in [0.15, 0.2) is 24.3 Å². The lowest BCUT2D eigenvalue weighted by Gasteiger charge is -2.36. The number of nitrogens with one attached hydrogen (secondary N) is 1. The summed E-state index contributed by atoms with van der Waals surface area (Å²) in [7, 11) is 1.44. The highest BCUT2D eigenvalue weighted by Gasteiger charge is 2.29. The molecule has 19 heavy (non-hydrogen) atoms. The maximum Gasteiger partial charge on any atom is 0.305 e. The lowest BCUT2D eigenvalue weighted by Crippen LogP contribution is -2.40. The third kappa shape index (κ3) is 4.06. The molecule has 0 aliphatic heterocycles. The maximum absolute atomic E-state index is 11.0. The fraction of sp³-hybridized carbons (Fsp3) is 0.562. The molecule has 3 heteroatoms. The number of ether oxygens (including phenoxy) is 1. The Bertz CT molecular complexity index is 425. The first kappa shape index (κ1) is 14.1. The van der Waals surface area contributed by atoms with Crippen molar-refractivity contribution in [2.45, 2.75) is 44.6 Å². The first-order chi connectivity index (χ1) is 9.19. The molecule has 1 aromatic rings. The molecule has 1 saturated carbocycles. The van der Waals surface area contributed by atoms with Gasteiger partial charge in [-0.1, -0.05) is 29.8 Å². The SMILES string of the molecule is COC(=O)CCCNC1CC(c2cccc(C)c2)C1. The molecule has 0 heterocycles. The number of rotatable bonds is 6. The van der Waals surface area contributed by atoms with Crippen LogP contribution >= 0.6 is 0 Å². The third-order valence-corrected chi connectivity index (χ3v) is 3.87. The zero-order valence-electron chi connectivity index (χ0n) is 11.8. The second-order valence-corrected chi connectivity index (χ2v) is 5.41. The number of benzene rings is 1. The summed E-state index contributed by atoms with van der Waals surface area (Å²) in [5, 5.41) is 3.51. The maximum atomic E-state index is 11.0. The molecule has 1 fully saturated rings. The van der Waals surface area contributed by atoms with Gasteiger partial charge in [0.05, 0.1) is 7.11 Å². The van der Waals surface area contributed by atoms with Crippen LogP contribution in [-0.2, 0) is 9.53 Å². The van der Waals surface area contributed by atoms with E-state index in [0.717, 1.165) is 13.0 Å². The average molecular weight is 261 g/mol. The van der Waals surface area contributed by atoms with E-state index in [4.69, 9.17) is 0 Å². The van der Waals surface area contributed by atoms with Crippen molar-refractivity contribution in [3.63, 3.8) is 0 Å². The van der Waals surface area contributed by atoms with Crippen LogP contribution in [0.1, 0.15) is 42.7 Å². The molecule has 0 amide bonds. The number of carbonyl (C=O) groups excluding carboxylic acids is 1. The summed E-state index contributed by atoms with van der Waals surface area (Å²) < 4.78 is 4.62. The van der Waals surface area contributed by atoms with E-state index in [1.54, 1.807) is 0 Å². The molecule has 1 aromatic carbocycles. The summed E-state index contributed by atoms with van der Waals surface area (Å²) in [5.41, 5.74) is 2.81. The Morgan fingerprint density at radius 1 is 1.42 bits per heavy atom. The molecule has 0 saturated heterocycles. The van der Waals surface area contributed by atoms with Gasteiger partial charge < -0.3 is 10.1 Å². The van der Waals surface area contributed by atoms with Crippen molar-refractivity contribution in [3.8, 4) is 0 Å². The van der Waals surface area contributed by atoms with Crippen LogP contribution in [0.2, 0.25) is 0 Å². The molecular formula is C16H23NO2. The van der Waals surface area contributed by atoms with Crippen molar-refractivity contribution < 1.29 is 9.53 Å². The molecular weight excluding hydrogens is 238 g/mol. The summed E-state index contributed by atoms with van der Waals surface area (Å²) in [6.07, 6.45) is 3.79. The molecule has 0 unspecified atom stereocenters. The summed E-state index contributed by atoms with van der Waals surface area (Å²) in [4.78, 5) is 11.0. The quantitative estimate of drug-likeness (QED) is 0.632. The normalized spacial score (nSPS) is 21.8. The molecule has 0 atom stereocenters. The van der Waals surface area contributed by atoms with E-state index < -0.39 is 0 Å². The van der Waals surface area contributed by atoms with Gasteiger partial charge in [-0.15, -0.1) is 0 Å². The zero-order valence-corrected chi connectivity index (χ0v) is 11.8. The molecule has 0 aromatic heterocycles. The van der Waals surface area contributed by atoms with Gasteiger partial charge in [-0.25, -0.2) is 0 Å². The highest BCUT2D eigenvalue weighted by atomic mass is 16.5. The number of hydrogen-bond acceptors (Lipinski definition) is 3. The summed E-state index contributed by atoms with van der Waals surface area (Å²) in [6, 6.07) is 9.42. The van der Waals surface area contributed by atoms with Crippen LogP contribution in [0.5, 0.6) is 0 Å². The molecule has 1 N–H and O–H groups in total. The van der Waals surface area contributed by atoms with Crippen molar-refractivity contribution in [2.75, 3.05) is 13.7 Å². The third-order valence-electron chi connectivity index (χ3n) is 3.87. The van der Waals surface area contributed by atoms with Gasteiger partial charge in [0.25, 0.3) is 0 Å². The topological polar surface area (TPSA) is 38.3 Å². The Hall–Kier alpha value is -1.35. The number of hydrogen-bond donors (Lipinski definition) is 1. The van der Waals surface area contributed by atoms with Crippen LogP contribution in [0.3, 0.4) is 0 Å². The first-order valence-corrected chi connectivity index (χ1v) is 7.06. The lowest BCUT2D eigenvalue weighted by molar-refractivity contribution is -0.140.